The molecule has 10 heavy (non-hydrogen) atoms. The van der Waals surface area contributed by atoms with Crippen molar-refractivity contribution >= 4 is 0 Å². The van der Waals surface area contributed by atoms with E-state index in [4.69, 9.17) is 15.9 Å². The van der Waals surface area contributed by atoms with Gasteiger partial charge in [-0.05, 0) is 5.92 Å². The summed E-state index contributed by atoms with van der Waals surface area (Å²) in [6.07, 6.45) is 5.07. The molecule has 0 aromatic rings. The molecule has 0 saturated carbocycles. The van der Waals surface area contributed by atoms with Gasteiger partial charge in [0.1, 0.15) is 0 Å². The quantitative estimate of drug-likeness (QED) is 0.476. The Kier molecular flexibility index (Phi) is 4.10. The second-order valence-electron chi connectivity index (χ2n) is 1.79. The maximum Gasteiger partial charge on any atom is 0.230 e. The molecule has 0 radical (unpaired) electrons. The van der Waals surface area contributed by atoms with Crippen LogP contribution in [0.2, 0.25) is 0 Å². The summed E-state index contributed by atoms with van der Waals surface area (Å²) in [5.41, 5.74) is 0. The summed E-state index contributed by atoms with van der Waals surface area (Å²) >= 11 is 0. The molecule has 1 fully saturated rings. The molecule has 58 valence electrons. The third kappa shape index (κ3) is 2.38. The number of terminal acetylenes is 1. The zero-order chi connectivity index (χ0) is 8.04. The van der Waals surface area contributed by atoms with E-state index in [1.807, 2.05) is 13.8 Å². The van der Waals surface area contributed by atoms with Crippen LogP contribution in [0.4, 0.5) is 0 Å². The van der Waals surface area contributed by atoms with Crippen molar-refractivity contribution in [2.24, 2.45) is 0 Å². The molecule has 1 aliphatic rings. The van der Waals surface area contributed by atoms with E-state index in [0.29, 0.717) is 13.2 Å². The van der Waals surface area contributed by atoms with Crippen LogP contribution >= 0.6 is 0 Å². The van der Waals surface area contributed by atoms with Crippen LogP contribution in [0.3, 0.4) is 0 Å². The van der Waals surface area contributed by atoms with Gasteiger partial charge in [0.05, 0.1) is 13.2 Å². The van der Waals surface area contributed by atoms with Crippen LogP contribution in [-0.4, -0.2) is 19.0 Å². The van der Waals surface area contributed by atoms with E-state index in [-0.39, 0.29) is 0 Å². The molecule has 0 N–H and O–H groups in total. The average molecular weight is 142 g/mol. The van der Waals surface area contributed by atoms with Gasteiger partial charge in [-0.1, -0.05) is 13.8 Å². The van der Waals surface area contributed by atoms with Gasteiger partial charge < -0.3 is 9.47 Å². The Labute approximate surface area is 62.5 Å². The molecule has 0 aliphatic carbocycles. The highest BCUT2D eigenvalue weighted by Crippen LogP contribution is 2.15. The lowest BCUT2D eigenvalue weighted by Crippen LogP contribution is -2.21. The molecule has 0 bridgehead atoms. The van der Waals surface area contributed by atoms with Crippen LogP contribution in [0, 0.1) is 12.3 Å². The molecule has 1 saturated heterocycles. The van der Waals surface area contributed by atoms with Gasteiger partial charge in [-0.3, -0.25) is 0 Å². The Balaban J connectivity index is 0.000000371. The standard InChI is InChI=1S/C6H8O2.C2H6/c1-3-6(2)7-4-5-8-6;1-2/h1H,4-5H2,2H3;1-2H3. The Bertz CT molecular complexity index is 118. The fourth-order valence-corrected chi connectivity index (χ4v) is 0.598. The third-order valence-electron chi connectivity index (χ3n) is 1.10. The lowest BCUT2D eigenvalue weighted by Gasteiger charge is -2.12. The summed E-state index contributed by atoms with van der Waals surface area (Å²) in [6, 6.07) is 0. The van der Waals surface area contributed by atoms with Crippen molar-refractivity contribution in [3.8, 4) is 12.3 Å². The Morgan fingerprint density at radius 3 is 1.90 bits per heavy atom. The number of hydrogen-bond donors (Lipinski definition) is 0. The summed E-state index contributed by atoms with van der Waals surface area (Å²) in [6.45, 7) is 6.96. The summed E-state index contributed by atoms with van der Waals surface area (Å²) in [5, 5.41) is 0. The highest BCUT2D eigenvalue weighted by molar-refractivity contribution is 5.00. The van der Waals surface area contributed by atoms with Crippen LogP contribution in [0.1, 0.15) is 20.8 Å². The van der Waals surface area contributed by atoms with E-state index in [2.05, 4.69) is 5.92 Å². The zero-order valence-electron chi connectivity index (χ0n) is 6.81. The Morgan fingerprint density at radius 1 is 1.30 bits per heavy atom. The first-order chi connectivity index (χ1) is 4.77. The lowest BCUT2D eigenvalue weighted by molar-refractivity contribution is -0.0909. The van der Waals surface area contributed by atoms with Gasteiger partial charge in [0, 0.05) is 6.92 Å². The Hall–Kier alpha value is -0.520. The molecular weight excluding hydrogens is 128 g/mol. The summed E-state index contributed by atoms with van der Waals surface area (Å²) in [7, 11) is 0. The topological polar surface area (TPSA) is 18.5 Å². The van der Waals surface area contributed by atoms with E-state index < -0.39 is 5.79 Å². The van der Waals surface area contributed by atoms with Crippen LogP contribution < -0.4 is 0 Å². The minimum atomic E-state index is -0.736. The minimum Gasteiger partial charge on any atom is -0.337 e. The van der Waals surface area contributed by atoms with E-state index >= 15 is 0 Å². The van der Waals surface area contributed by atoms with Crippen molar-refractivity contribution in [2.75, 3.05) is 13.2 Å². The van der Waals surface area contributed by atoms with E-state index in [1.54, 1.807) is 6.92 Å². The molecule has 0 spiro atoms. The second-order valence-corrected chi connectivity index (χ2v) is 1.79. The predicted molar refractivity (Wildman–Crippen MR) is 40.5 cm³/mol. The molecule has 1 aliphatic heterocycles. The van der Waals surface area contributed by atoms with Gasteiger partial charge in [-0.15, -0.1) is 6.42 Å². The van der Waals surface area contributed by atoms with E-state index in [0.717, 1.165) is 0 Å². The Morgan fingerprint density at radius 2 is 1.70 bits per heavy atom. The van der Waals surface area contributed by atoms with Gasteiger partial charge in [-0.2, -0.15) is 0 Å². The first-order valence-electron chi connectivity index (χ1n) is 3.52. The van der Waals surface area contributed by atoms with Gasteiger partial charge in [0.25, 0.3) is 0 Å². The number of hydrogen-bond acceptors (Lipinski definition) is 2. The van der Waals surface area contributed by atoms with Crippen LogP contribution in [-0.2, 0) is 9.47 Å². The molecule has 2 heteroatoms. The number of rotatable bonds is 0. The molecule has 1 heterocycles. The van der Waals surface area contributed by atoms with Crippen molar-refractivity contribution in [3.63, 3.8) is 0 Å². The zero-order valence-corrected chi connectivity index (χ0v) is 6.81. The predicted octanol–water partition coefficient (Wildman–Crippen LogP) is 1.41. The molecule has 0 amide bonds. The maximum atomic E-state index is 5.07. The third-order valence-corrected chi connectivity index (χ3v) is 1.10. The maximum absolute atomic E-state index is 5.07. The van der Waals surface area contributed by atoms with Gasteiger partial charge >= 0.3 is 0 Å². The smallest absolute Gasteiger partial charge is 0.230 e. The summed E-state index contributed by atoms with van der Waals surface area (Å²) in [5.74, 6) is 1.66. The first-order valence-corrected chi connectivity index (χ1v) is 3.52. The van der Waals surface area contributed by atoms with Crippen molar-refractivity contribution in [3.05, 3.63) is 0 Å². The molecule has 0 aromatic carbocycles. The molecular formula is C8H14O2. The fraction of sp³-hybridized carbons (Fsp3) is 0.750. The number of ether oxygens (including phenoxy) is 2. The van der Waals surface area contributed by atoms with Gasteiger partial charge in [0.2, 0.25) is 5.79 Å². The highest BCUT2D eigenvalue weighted by Gasteiger charge is 2.27. The minimum absolute atomic E-state index is 0.612. The average Bonchev–Trinajstić information content (AvgIpc) is 2.42. The van der Waals surface area contributed by atoms with Crippen molar-refractivity contribution in [1.82, 2.24) is 0 Å². The summed E-state index contributed by atoms with van der Waals surface area (Å²) < 4.78 is 10.1. The van der Waals surface area contributed by atoms with E-state index in [1.165, 1.54) is 0 Å². The molecule has 0 unspecified atom stereocenters. The largest absolute Gasteiger partial charge is 0.337 e. The van der Waals surface area contributed by atoms with Crippen molar-refractivity contribution in [2.45, 2.75) is 26.6 Å². The molecule has 0 aromatic heterocycles. The van der Waals surface area contributed by atoms with Crippen LogP contribution in [0.25, 0.3) is 0 Å². The lowest BCUT2D eigenvalue weighted by atomic mass is 10.3. The first kappa shape index (κ1) is 9.48. The second kappa shape index (κ2) is 4.32. The fourth-order valence-electron chi connectivity index (χ4n) is 0.598. The van der Waals surface area contributed by atoms with Crippen molar-refractivity contribution in [1.29, 1.82) is 0 Å². The normalized spacial score (nSPS) is 20.6. The van der Waals surface area contributed by atoms with Crippen molar-refractivity contribution < 1.29 is 9.47 Å². The molecule has 1 rings (SSSR count). The van der Waals surface area contributed by atoms with Crippen LogP contribution in [0.15, 0.2) is 0 Å². The molecule has 0 atom stereocenters. The van der Waals surface area contributed by atoms with Crippen LogP contribution in [0.5, 0.6) is 0 Å². The van der Waals surface area contributed by atoms with Gasteiger partial charge in [-0.25, -0.2) is 0 Å². The molecule has 2 nitrogen and oxygen atoms in total. The van der Waals surface area contributed by atoms with Gasteiger partial charge in [0.15, 0.2) is 0 Å². The highest BCUT2D eigenvalue weighted by atomic mass is 16.7. The van der Waals surface area contributed by atoms with E-state index in [9.17, 15) is 0 Å². The SMILES string of the molecule is C#CC1(C)OCCO1.CC. The summed E-state index contributed by atoms with van der Waals surface area (Å²) in [4.78, 5) is 0. The monoisotopic (exact) mass is 142 g/mol.